The molecule has 0 heterocycles. The highest BCUT2D eigenvalue weighted by Crippen LogP contribution is 2.19. The van der Waals surface area contributed by atoms with Crippen molar-refractivity contribution >= 4 is 11.9 Å². The molecule has 0 fully saturated rings. The molecular weight excluding hydrogens is 248 g/mol. The van der Waals surface area contributed by atoms with Crippen LogP contribution in [0.5, 0.6) is 5.75 Å². The van der Waals surface area contributed by atoms with E-state index in [1.165, 1.54) is 12.1 Å². The van der Waals surface area contributed by atoms with Crippen molar-refractivity contribution < 1.29 is 19.4 Å². The first-order chi connectivity index (χ1) is 9.04. The molecule has 6 heteroatoms. The number of carboxylic acid groups (broad SMARTS) is 1. The fraction of sp³-hybridized carbons (Fsp3) is 0.308. The van der Waals surface area contributed by atoms with Crippen molar-refractivity contribution in [2.75, 3.05) is 13.2 Å². The van der Waals surface area contributed by atoms with Gasteiger partial charge >= 0.3 is 5.97 Å². The molecule has 1 rings (SSSR count). The Kier molecular flexibility index (Phi) is 5.35. The smallest absolute Gasteiger partial charge is 0.339 e. The number of hydrogen-bond donors (Lipinski definition) is 2. The van der Waals surface area contributed by atoms with Gasteiger partial charge in [-0.15, -0.1) is 0 Å². The van der Waals surface area contributed by atoms with E-state index in [0.29, 0.717) is 0 Å². The number of carbonyl (C=O) groups is 2. The Hall–Kier alpha value is -2.55. The summed E-state index contributed by atoms with van der Waals surface area (Å²) in [7, 11) is 0. The van der Waals surface area contributed by atoms with Gasteiger partial charge in [0.25, 0.3) is 5.91 Å². The Morgan fingerprint density at radius 2 is 2.21 bits per heavy atom. The second-order valence-corrected chi connectivity index (χ2v) is 3.85. The van der Waals surface area contributed by atoms with Crippen LogP contribution in [0.4, 0.5) is 0 Å². The van der Waals surface area contributed by atoms with Gasteiger partial charge in [0.05, 0.1) is 12.5 Å². The Balaban J connectivity index is 2.60. The molecule has 0 aliphatic carbocycles. The maximum absolute atomic E-state index is 11.3. The third kappa shape index (κ3) is 4.68. The van der Waals surface area contributed by atoms with Gasteiger partial charge in [0.1, 0.15) is 11.3 Å². The summed E-state index contributed by atoms with van der Waals surface area (Å²) in [6.45, 7) is 1.73. The topological polar surface area (TPSA) is 99.4 Å². The van der Waals surface area contributed by atoms with Crippen molar-refractivity contribution in [2.24, 2.45) is 0 Å². The maximum Gasteiger partial charge on any atom is 0.339 e. The largest absolute Gasteiger partial charge is 0.483 e. The van der Waals surface area contributed by atoms with Gasteiger partial charge in [0.15, 0.2) is 6.61 Å². The normalized spacial score (nSPS) is 9.47. The molecule has 1 aromatic rings. The van der Waals surface area contributed by atoms with E-state index >= 15 is 0 Å². The van der Waals surface area contributed by atoms with Crippen LogP contribution in [-0.2, 0) is 4.79 Å². The summed E-state index contributed by atoms with van der Waals surface area (Å²) < 4.78 is 5.17. The van der Waals surface area contributed by atoms with Crippen LogP contribution in [0.1, 0.15) is 22.3 Å². The Morgan fingerprint density at radius 3 is 2.84 bits per heavy atom. The van der Waals surface area contributed by atoms with E-state index in [9.17, 15) is 9.59 Å². The first-order valence-electron chi connectivity index (χ1n) is 5.65. The minimum absolute atomic E-state index is 0.0184. The molecule has 0 saturated heterocycles. The van der Waals surface area contributed by atoms with Crippen LogP contribution >= 0.6 is 0 Å². The first-order valence-corrected chi connectivity index (χ1v) is 5.65. The van der Waals surface area contributed by atoms with E-state index < -0.39 is 11.9 Å². The van der Waals surface area contributed by atoms with Gasteiger partial charge in [0.2, 0.25) is 0 Å². The number of nitrogens with one attached hydrogen (secondary N) is 1. The lowest BCUT2D eigenvalue weighted by molar-refractivity contribution is -0.123. The summed E-state index contributed by atoms with van der Waals surface area (Å²) in [5, 5.41) is 19.8. The SMILES string of the molecule is Cc1ccc(OCC(=O)NCCC#N)c(C(=O)O)c1. The molecule has 6 nitrogen and oxygen atoms in total. The van der Waals surface area contributed by atoms with Gasteiger partial charge in [-0.3, -0.25) is 4.79 Å². The van der Waals surface area contributed by atoms with Crippen molar-refractivity contribution in [2.45, 2.75) is 13.3 Å². The van der Waals surface area contributed by atoms with Gasteiger partial charge in [-0.1, -0.05) is 11.6 Å². The molecular formula is C13H14N2O4. The minimum atomic E-state index is -1.11. The number of aryl methyl sites for hydroxylation is 1. The molecule has 0 aliphatic rings. The van der Waals surface area contributed by atoms with Crippen molar-refractivity contribution in [1.29, 1.82) is 5.26 Å². The zero-order valence-corrected chi connectivity index (χ0v) is 10.5. The predicted molar refractivity (Wildman–Crippen MR) is 66.9 cm³/mol. The summed E-state index contributed by atoms with van der Waals surface area (Å²) in [5.74, 6) is -1.36. The first kappa shape index (κ1) is 14.5. The molecule has 0 aliphatic heterocycles. The number of hydrogen-bond acceptors (Lipinski definition) is 4. The van der Waals surface area contributed by atoms with E-state index in [4.69, 9.17) is 15.1 Å². The standard InChI is InChI=1S/C13H14N2O4/c1-9-3-4-11(10(7-9)13(17)18)19-8-12(16)15-6-2-5-14/h3-4,7H,2,6,8H2,1H3,(H,15,16)(H,17,18). The molecule has 1 aromatic carbocycles. The lowest BCUT2D eigenvalue weighted by Gasteiger charge is -2.09. The monoisotopic (exact) mass is 262 g/mol. The van der Waals surface area contributed by atoms with Crippen LogP contribution < -0.4 is 10.1 Å². The summed E-state index contributed by atoms with van der Waals surface area (Å²) in [4.78, 5) is 22.4. The number of carboxylic acids is 1. The van der Waals surface area contributed by atoms with E-state index in [2.05, 4.69) is 5.32 Å². The molecule has 2 N–H and O–H groups in total. The minimum Gasteiger partial charge on any atom is -0.483 e. The summed E-state index contributed by atoms with van der Waals surface area (Å²) in [5.41, 5.74) is 0.813. The van der Waals surface area contributed by atoms with Crippen molar-refractivity contribution in [3.63, 3.8) is 0 Å². The summed E-state index contributed by atoms with van der Waals surface area (Å²) in [6.07, 6.45) is 0.219. The third-order valence-corrected chi connectivity index (χ3v) is 2.28. The second kappa shape index (κ2) is 7.01. The van der Waals surface area contributed by atoms with E-state index in [1.54, 1.807) is 13.0 Å². The maximum atomic E-state index is 11.3. The summed E-state index contributed by atoms with van der Waals surface area (Å²) in [6, 6.07) is 6.59. The lowest BCUT2D eigenvalue weighted by Crippen LogP contribution is -2.29. The molecule has 0 atom stereocenters. The predicted octanol–water partition coefficient (Wildman–Crippen LogP) is 1.10. The van der Waals surface area contributed by atoms with Gasteiger partial charge in [0, 0.05) is 6.54 Å². The van der Waals surface area contributed by atoms with Crippen molar-refractivity contribution in [3.05, 3.63) is 29.3 Å². The van der Waals surface area contributed by atoms with Crippen LogP contribution in [0.2, 0.25) is 0 Å². The van der Waals surface area contributed by atoms with Crippen LogP contribution in [0, 0.1) is 18.3 Å². The fourth-order valence-electron chi connectivity index (χ4n) is 1.39. The number of rotatable bonds is 6. The number of carbonyl (C=O) groups excluding carboxylic acids is 1. The second-order valence-electron chi connectivity index (χ2n) is 3.85. The average molecular weight is 262 g/mol. The number of amides is 1. The molecule has 0 unspecified atom stereocenters. The zero-order valence-electron chi connectivity index (χ0n) is 10.5. The Morgan fingerprint density at radius 1 is 1.47 bits per heavy atom. The fourth-order valence-corrected chi connectivity index (χ4v) is 1.39. The lowest BCUT2D eigenvalue weighted by atomic mass is 10.1. The quantitative estimate of drug-likeness (QED) is 0.748. The van der Waals surface area contributed by atoms with Gasteiger partial charge < -0.3 is 15.2 Å². The number of ether oxygens (including phenoxy) is 1. The highest BCUT2D eigenvalue weighted by Gasteiger charge is 2.12. The highest BCUT2D eigenvalue weighted by atomic mass is 16.5. The van der Waals surface area contributed by atoms with Crippen LogP contribution in [0.25, 0.3) is 0 Å². The number of nitrogens with zero attached hydrogens (tertiary/aromatic N) is 1. The Labute approximate surface area is 110 Å². The Bertz CT molecular complexity index is 520. The highest BCUT2D eigenvalue weighted by molar-refractivity contribution is 5.91. The molecule has 0 aromatic heterocycles. The van der Waals surface area contributed by atoms with Crippen LogP contribution in [0.15, 0.2) is 18.2 Å². The zero-order chi connectivity index (χ0) is 14.3. The van der Waals surface area contributed by atoms with Gasteiger partial charge in [-0.2, -0.15) is 5.26 Å². The molecule has 19 heavy (non-hydrogen) atoms. The van der Waals surface area contributed by atoms with E-state index in [-0.39, 0.29) is 30.9 Å². The molecule has 1 amide bonds. The average Bonchev–Trinajstić information content (AvgIpc) is 2.37. The van der Waals surface area contributed by atoms with Gasteiger partial charge in [-0.25, -0.2) is 4.79 Å². The van der Waals surface area contributed by atoms with E-state index in [1.807, 2.05) is 6.07 Å². The van der Waals surface area contributed by atoms with E-state index in [0.717, 1.165) is 5.56 Å². The molecule has 0 saturated carbocycles. The van der Waals surface area contributed by atoms with Crippen molar-refractivity contribution in [1.82, 2.24) is 5.32 Å². The molecule has 0 bridgehead atoms. The van der Waals surface area contributed by atoms with Crippen molar-refractivity contribution in [3.8, 4) is 11.8 Å². The van der Waals surface area contributed by atoms with Crippen LogP contribution in [0.3, 0.4) is 0 Å². The molecule has 100 valence electrons. The third-order valence-electron chi connectivity index (χ3n) is 2.28. The molecule has 0 radical (unpaired) electrons. The van der Waals surface area contributed by atoms with Crippen LogP contribution in [-0.4, -0.2) is 30.1 Å². The molecule has 0 spiro atoms. The number of nitriles is 1. The number of aromatic carboxylic acids is 1. The summed E-state index contributed by atoms with van der Waals surface area (Å²) >= 11 is 0. The number of benzene rings is 1. The van der Waals surface area contributed by atoms with Gasteiger partial charge in [-0.05, 0) is 19.1 Å².